The van der Waals surface area contributed by atoms with Gasteiger partial charge in [0.2, 0.25) is 0 Å². The second-order valence-electron chi connectivity index (χ2n) is 6.95. The van der Waals surface area contributed by atoms with E-state index >= 15 is 0 Å². The Hall–Kier alpha value is -2.08. The van der Waals surface area contributed by atoms with Crippen LogP contribution < -0.4 is 15.4 Å². The number of ether oxygens (including phenoxy) is 1. The zero-order chi connectivity index (χ0) is 18.9. The Morgan fingerprint density at radius 3 is 2.62 bits per heavy atom. The molecular weight excluding hydrogens is 344 g/mol. The molecule has 0 amide bonds. The number of rotatable bonds is 8. The van der Waals surface area contributed by atoms with E-state index in [1.54, 1.807) is 18.4 Å². The molecule has 2 aromatic rings. The van der Waals surface area contributed by atoms with Crippen molar-refractivity contribution < 1.29 is 4.74 Å². The number of hydrogen-bond acceptors (Lipinski definition) is 4. The van der Waals surface area contributed by atoms with E-state index in [2.05, 4.69) is 65.8 Å². The smallest absolute Gasteiger partial charge is 0.191 e. The van der Waals surface area contributed by atoms with Gasteiger partial charge in [-0.25, -0.2) is 4.98 Å². The van der Waals surface area contributed by atoms with E-state index in [0.717, 1.165) is 34.6 Å². The predicted molar refractivity (Wildman–Crippen MR) is 110 cm³/mol. The monoisotopic (exact) mass is 374 g/mol. The van der Waals surface area contributed by atoms with Crippen LogP contribution >= 0.6 is 11.3 Å². The van der Waals surface area contributed by atoms with Crippen molar-refractivity contribution in [3.63, 3.8) is 0 Å². The molecule has 0 aliphatic carbocycles. The summed E-state index contributed by atoms with van der Waals surface area (Å²) >= 11 is 1.68. The van der Waals surface area contributed by atoms with Crippen molar-refractivity contribution in [2.75, 3.05) is 13.7 Å². The van der Waals surface area contributed by atoms with E-state index in [4.69, 9.17) is 4.74 Å². The van der Waals surface area contributed by atoms with Crippen molar-refractivity contribution in [2.45, 2.75) is 46.7 Å². The third-order valence-electron chi connectivity index (χ3n) is 3.73. The predicted octanol–water partition coefficient (Wildman–Crippen LogP) is 4.17. The van der Waals surface area contributed by atoms with E-state index in [-0.39, 0.29) is 0 Å². The summed E-state index contributed by atoms with van der Waals surface area (Å²) in [5.41, 5.74) is 2.30. The largest absolute Gasteiger partial charge is 0.493 e. The summed E-state index contributed by atoms with van der Waals surface area (Å²) in [5.74, 6) is 2.65. The van der Waals surface area contributed by atoms with E-state index in [1.165, 1.54) is 0 Å². The number of nitrogens with one attached hydrogen (secondary N) is 2. The van der Waals surface area contributed by atoms with Crippen LogP contribution in [-0.4, -0.2) is 24.6 Å². The van der Waals surface area contributed by atoms with E-state index in [1.807, 2.05) is 12.1 Å². The maximum Gasteiger partial charge on any atom is 0.191 e. The molecule has 0 atom stereocenters. The number of hydrogen-bond donors (Lipinski definition) is 2. The molecule has 1 aromatic heterocycles. The molecule has 1 heterocycles. The summed E-state index contributed by atoms with van der Waals surface area (Å²) in [7, 11) is 1.78. The van der Waals surface area contributed by atoms with Crippen LogP contribution in [0, 0.1) is 5.92 Å². The van der Waals surface area contributed by atoms with Gasteiger partial charge in [0.1, 0.15) is 10.8 Å². The molecule has 0 spiro atoms. The van der Waals surface area contributed by atoms with Gasteiger partial charge in [0.05, 0.1) is 18.8 Å². The lowest BCUT2D eigenvalue weighted by Gasteiger charge is -2.13. The molecule has 2 rings (SSSR count). The Bertz CT molecular complexity index is 709. The number of benzene rings is 1. The van der Waals surface area contributed by atoms with Crippen LogP contribution in [0.2, 0.25) is 0 Å². The zero-order valence-corrected chi connectivity index (χ0v) is 17.2. The second kappa shape index (κ2) is 10.2. The summed E-state index contributed by atoms with van der Waals surface area (Å²) in [6, 6.07) is 8.16. The first kappa shape index (κ1) is 20.2. The maximum atomic E-state index is 5.79. The lowest BCUT2D eigenvalue weighted by Crippen LogP contribution is -2.36. The fraction of sp³-hybridized carbons (Fsp3) is 0.500. The normalized spacial score (nSPS) is 11.9. The Labute approximate surface area is 160 Å². The highest BCUT2D eigenvalue weighted by molar-refractivity contribution is 7.09. The number of thiazole rings is 1. The summed E-state index contributed by atoms with van der Waals surface area (Å²) in [6.45, 7) is 10.7. The average molecular weight is 375 g/mol. The van der Waals surface area contributed by atoms with Crippen molar-refractivity contribution >= 4 is 17.3 Å². The van der Waals surface area contributed by atoms with Crippen LogP contribution in [0.5, 0.6) is 5.75 Å². The molecule has 6 heteroatoms. The van der Waals surface area contributed by atoms with Gasteiger partial charge in [0, 0.05) is 19.0 Å². The van der Waals surface area contributed by atoms with Gasteiger partial charge < -0.3 is 15.4 Å². The van der Waals surface area contributed by atoms with Crippen LogP contribution in [-0.2, 0) is 13.1 Å². The maximum absolute atomic E-state index is 5.79. The molecule has 0 bridgehead atoms. The lowest BCUT2D eigenvalue weighted by atomic mass is 10.2. The molecule has 5 nitrogen and oxygen atoms in total. The number of aromatic nitrogens is 1. The molecule has 142 valence electrons. The van der Waals surface area contributed by atoms with Gasteiger partial charge in [0.25, 0.3) is 0 Å². The molecule has 0 saturated heterocycles. The van der Waals surface area contributed by atoms with Crippen molar-refractivity contribution in [3.8, 4) is 5.75 Å². The minimum absolute atomic E-state index is 0.461. The Kier molecular flexibility index (Phi) is 7.91. The van der Waals surface area contributed by atoms with E-state index < -0.39 is 0 Å². The number of guanidine groups is 1. The molecule has 0 radical (unpaired) electrons. The van der Waals surface area contributed by atoms with Gasteiger partial charge in [-0.15, -0.1) is 11.3 Å². The highest BCUT2D eigenvalue weighted by Gasteiger charge is 2.06. The molecular formula is C20H30N4OS. The molecule has 0 unspecified atom stereocenters. The van der Waals surface area contributed by atoms with Crippen LogP contribution in [0.15, 0.2) is 34.6 Å². The zero-order valence-electron chi connectivity index (χ0n) is 16.4. The first-order chi connectivity index (χ1) is 12.5. The second-order valence-corrected chi connectivity index (χ2v) is 7.90. The van der Waals surface area contributed by atoms with Gasteiger partial charge in [0.15, 0.2) is 5.96 Å². The Morgan fingerprint density at radius 2 is 1.96 bits per heavy atom. The van der Waals surface area contributed by atoms with Crippen molar-refractivity contribution in [1.29, 1.82) is 0 Å². The fourth-order valence-corrected chi connectivity index (χ4v) is 3.14. The van der Waals surface area contributed by atoms with Gasteiger partial charge in [-0.05, 0) is 29.5 Å². The van der Waals surface area contributed by atoms with Crippen LogP contribution in [0.4, 0.5) is 0 Å². The fourth-order valence-electron chi connectivity index (χ4n) is 2.25. The molecule has 0 aliphatic heterocycles. The summed E-state index contributed by atoms with van der Waals surface area (Å²) in [6.07, 6.45) is 0. The number of aliphatic imine (C=N–C) groups is 1. The van der Waals surface area contributed by atoms with Gasteiger partial charge in [-0.2, -0.15) is 0 Å². The van der Waals surface area contributed by atoms with Crippen molar-refractivity contribution in [1.82, 2.24) is 15.6 Å². The third kappa shape index (κ3) is 6.67. The first-order valence-electron chi connectivity index (χ1n) is 9.08. The first-order valence-corrected chi connectivity index (χ1v) is 9.96. The molecule has 0 aliphatic rings. The van der Waals surface area contributed by atoms with Crippen molar-refractivity contribution in [2.24, 2.45) is 10.9 Å². The van der Waals surface area contributed by atoms with Crippen LogP contribution in [0.3, 0.4) is 0 Å². The van der Waals surface area contributed by atoms with E-state index in [0.29, 0.717) is 24.9 Å². The minimum Gasteiger partial charge on any atom is -0.493 e. The summed E-state index contributed by atoms with van der Waals surface area (Å²) < 4.78 is 5.79. The molecule has 26 heavy (non-hydrogen) atoms. The SMILES string of the molecule is CN=C(NCc1cccc(OCC(C)C)c1)NCc1nc(C(C)C)cs1. The highest BCUT2D eigenvalue weighted by atomic mass is 32.1. The summed E-state index contributed by atoms with van der Waals surface area (Å²) in [5, 5.41) is 9.85. The van der Waals surface area contributed by atoms with Crippen LogP contribution in [0.25, 0.3) is 0 Å². The average Bonchev–Trinajstić information content (AvgIpc) is 3.10. The Balaban J connectivity index is 1.83. The molecule has 0 saturated carbocycles. The minimum atomic E-state index is 0.461. The van der Waals surface area contributed by atoms with E-state index in [9.17, 15) is 0 Å². The summed E-state index contributed by atoms with van der Waals surface area (Å²) in [4.78, 5) is 8.92. The number of nitrogens with zero attached hydrogens (tertiary/aromatic N) is 2. The quantitative estimate of drug-likeness (QED) is 0.538. The van der Waals surface area contributed by atoms with Crippen LogP contribution in [0.1, 0.15) is 49.9 Å². The third-order valence-corrected chi connectivity index (χ3v) is 4.60. The standard InChI is InChI=1S/C20H30N4OS/c1-14(2)12-25-17-8-6-7-16(9-17)10-22-20(21-5)23-11-19-24-18(13-26-19)15(3)4/h6-9,13-15H,10-12H2,1-5H3,(H2,21,22,23). The molecule has 0 fully saturated rings. The topological polar surface area (TPSA) is 58.5 Å². The van der Waals surface area contributed by atoms with Gasteiger partial charge in [-0.1, -0.05) is 39.8 Å². The van der Waals surface area contributed by atoms with Crippen molar-refractivity contribution in [3.05, 3.63) is 45.9 Å². The highest BCUT2D eigenvalue weighted by Crippen LogP contribution is 2.17. The van der Waals surface area contributed by atoms with Gasteiger partial charge >= 0.3 is 0 Å². The Morgan fingerprint density at radius 1 is 1.19 bits per heavy atom. The lowest BCUT2D eigenvalue weighted by molar-refractivity contribution is 0.271. The van der Waals surface area contributed by atoms with Gasteiger partial charge in [-0.3, -0.25) is 4.99 Å². The molecule has 2 N–H and O–H groups in total. The molecule has 1 aromatic carbocycles.